The average molecular weight is 336 g/mol. The van der Waals surface area contributed by atoms with Crippen molar-refractivity contribution >= 4 is 23.2 Å². The van der Waals surface area contributed by atoms with Crippen LogP contribution in [0.15, 0.2) is 11.4 Å². The lowest BCUT2D eigenvalue weighted by Gasteiger charge is -2.32. The number of hydrogen-bond donors (Lipinski definition) is 2. The molecule has 9 heteroatoms. The first-order chi connectivity index (χ1) is 10.2. The van der Waals surface area contributed by atoms with Crippen LogP contribution in [-0.4, -0.2) is 53.7 Å². The summed E-state index contributed by atoms with van der Waals surface area (Å²) < 4.78 is 36.8. The second kappa shape index (κ2) is 6.66. The van der Waals surface area contributed by atoms with Crippen molar-refractivity contribution in [1.82, 2.24) is 10.2 Å². The van der Waals surface area contributed by atoms with E-state index in [1.165, 1.54) is 16.3 Å². The Bertz CT molecular complexity index is 551. The zero-order valence-corrected chi connectivity index (χ0v) is 12.3. The highest BCUT2D eigenvalue weighted by Gasteiger charge is 2.32. The predicted octanol–water partition coefficient (Wildman–Crippen LogP) is 2.20. The number of carboxylic acids is 1. The first kappa shape index (κ1) is 16.8. The third-order valence-electron chi connectivity index (χ3n) is 3.40. The molecule has 1 aromatic heterocycles. The van der Waals surface area contributed by atoms with Crippen LogP contribution in [0.3, 0.4) is 0 Å². The van der Waals surface area contributed by atoms with E-state index in [9.17, 15) is 22.8 Å². The number of nitrogens with zero attached hydrogens (tertiary/aromatic N) is 1. The van der Waals surface area contributed by atoms with Crippen molar-refractivity contribution in [2.45, 2.75) is 25.1 Å². The fourth-order valence-electron chi connectivity index (χ4n) is 2.31. The summed E-state index contributed by atoms with van der Waals surface area (Å²) in [5.41, 5.74) is 0.0511. The van der Waals surface area contributed by atoms with Crippen LogP contribution in [0.1, 0.15) is 32.9 Å². The van der Waals surface area contributed by atoms with Crippen LogP contribution < -0.4 is 5.32 Å². The quantitative estimate of drug-likeness (QED) is 0.884. The minimum atomic E-state index is -4.21. The van der Waals surface area contributed by atoms with Crippen molar-refractivity contribution in [1.29, 1.82) is 0 Å². The fourth-order valence-corrected chi connectivity index (χ4v) is 3.10. The van der Waals surface area contributed by atoms with Gasteiger partial charge in [0.2, 0.25) is 0 Å². The van der Waals surface area contributed by atoms with Gasteiger partial charge in [0.05, 0.1) is 17.0 Å². The van der Waals surface area contributed by atoms with Crippen LogP contribution >= 0.6 is 11.3 Å². The molecule has 1 aliphatic rings. The van der Waals surface area contributed by atoms with Gasteiger partial charge in [-0.2, -0.15) is 13.2 Å². The van der Waals surface area contributed by atoms with E-state index in [1.54, 1.807) is 0 Å². The number of nitrogens with one attached hydrogen (secondary N) is 1. The lowest BCUT2D eigenvalue weighted by molar-refractivity contribution is -0.148. The first-order valence-corrected chi connectivity index (χ1v) is 7.54. The highest BCUT2D eigenvalue weighted by molar-refractivity contribution is 7.12. The molecule has 0 radical (unpaired) electrons. The zero-order chi connectivity index (χ0) is 16.3. The molecule has 122 valence electrons. The van der Waals surface area contributed by atoms with Gasteiger partial charge >= 0.3 is 12.1 Å². The fraction of sp³-hybridized carbons (Fsp3) is 0.538. The van der Waals surface area contributed by atoms with Gasteiger partial charge in [0.25, 0.3) is 5.91 Å². The Morgan fingerprint density at radius 3 is 2.50 bits per heavy atom. The number of likely N-dealkylation sites (tertiary alicyclic amines) is 1. The van der Waals surface area contributed by atoms with Crippen molar-refractivity contribution in [2.24, 2.45) is 0 Å². The molecular weight excluding hydrogens is 321 g/mol. The third-order valence-corrected chi connectivity index (χ3v) is 4.32. The molecule has 1 amide bonds. The van der Waals surface area contributed by atoms with Gasteiger partial charge in [-0.1, -0.05) is 0 Å². The van der Waals surface area contributed by atoms with E-state index < -0.39 is 18.7 Å². The number of carboxylic acid groups (broad SMARTS) is 1. The van der Waals surface area contributed by atoms with Crippen molar-refractivity contribution in [3.8, 4) is 0 Å². The number of aromatic carboxylic acids is 1. The molecule has 1 aromatic rings. The molecule has 0 bridgehead atoms. The molecule has 2 N–H and O–H groups in total. The van der Waals surface area contributed by atoms with Gasteiger partial charge in [-0.3, -0.25) is 9.69 Å². The maximum Gasteiger partial charge on any atom is 0.401 e. The van der Waals surface area contributed by atoms with Crippen LogP contribution in [-0.2, 0) is 0 Å². The largest absolute Gasteiger partial charge is 0.478 e. The summed E-state index contributed by atoms with van der Waals surface area (Å²) >= 11 is 1.03. The van der Waals surface area contributed by atoms with Crippen LogP contribution in [0.4, 0.5) is 13.2 Å². The van der Waals surface area contributed by atoms with E-state index in [1.807, 2.05) is 0 Å². The first-order valence-electron chi connectivity index (χ1n) is 6.66. The van der Waals surface area contributed by atoms with Crippen LogP contribution in [0.25, 0.3) is 0 Å². The molecule has 0 unspecified atom stereocenters. The molecule has 0 spiro atoms. The van der Waals surface area contributed by atoms with Gasteiger partial charge in [-0.25, -0.2) is 4.79 Å². The Balaban J connectivity index is 1.82. The molecule has 0 aromatic carbocycles. The Labute approximate surface area is 128 Å². The van der Waals surface area contributed by atoms with E-state index in [-0.39, 0.29) is 35.5 Å². The number of rotatable bonds is 4. The van der Waals surface area contributed by atoms with Gasteiger partial charge in [-0.05, 0) is 18.9 Å². The molecule has 5 nitrogen and oxygen atoms in total. The number of amides is 1. The lowest BCUT2D eigenvalue weighted by atomic mass is 10.0. The van der Waals surface area contributed by atoms with Crippen LogP contribution in [0.2, 0.25) is 0 Å². The lowest BCUT2D eigenvalue weighted by Crippen LogP contribution is -2.46. The normalized spacial score (nSPS) is 17.4. The van der Waals surface area contributed by atoms with Crippen molar-refractivity contribution < 1.29 is 27.9 Å². The number of carbonyl (C=O) groups excluding carboxylic acids is 1. The molecular formula is C13H15F3N2O3S. The van der Waals surface area contributed by atoms with Crippen LogP contribution in [0, 0.1) is 0 Å². The number of halogens is 3. The van der Waals surface area contributed by atoms with E-state index in [4.69, 9.17) is 5.11 Å². The number of hydrogen-bond acceptors (Lipinski definition) is 4. The summed E-state index contributed by atoms with van der Waals surface area (Å²) in [6.07, 6.45) is -3.32. The monoisotopic (exact) mass is 336 g/mol. The zero-order valence-electron chi connectivity index (χ0n) is 11.5. The van der Waals surface area contributed by atoms with Crippen LogP contribution in [0.5, 0.6) is 0 Å². The maximum atomic E-state index is 12.3. The summed E-state index contributed by atoms with van der Waals surface area (Å²) in [5.74, 6) is -1.48. The maximum absolute atomic E-state index is 12.3. The van der Waals surface area contributed by atoms with Gasteiger partial charge in [-0.15, -0.1) is 11.3 Å². The summed E-state index contributed by atoms with van der Waals surface area (Å²) in [5, 5.41) is 12.9. The average Bonchev–Trinajstić information content (AvgIpc) is 2.89. The Kier molecular flexibility index (Phi) is 5.07. The third kappa shape index (κ3) is 4.70. The summed E-state index contributed by atoms with van der Waals surface area (Å²) in [6, 6.07) is 1.11. The van der Waals surface area contributed by atoms with E-state index in [0.717, 1.165) is 11.3 Å². The predicted molar refractivity (Wildman–Crippen MR) is 74.3 cm³/mol. The highest BCUT2D eigenvalue weighted by Crippen LogP contribution is 2.20. The van der Waals surface area contributed by atoms with E-state index in [0.29, 0.717) is 12.8 Å². The Hall–Kier alpha value is -1.61. The molecule has 0 atom stereocenters. The molecule has 1 aliphatic heterocycles. The molecule has 0 saturated carbocycles. The SMILES string of the molecule is O=C(O)c1csc(C(=O)NC2CCN(CC(F)(F)F)CC2)c1. The van der Waals surface area contributed by atoms with Gasteiger partial charge in [0, 0.05) is 24.5 Å². The van der Waals surface area contributed by atoms with Crippen molar-refractivity contribution in [3.05, 3.63) is 21.9 Å². The van der Waals surface area contributed by atoms with Crippen molar-refractivity contribution in [2.75, 3.05) is 19.6 Å². The molecule has 2 rings (SSSR count). The molecule has 22 heavy (non-hydrogen) atoms. The topological polar surface area (TPSA) is 69.6 Å². The standard InChI is InChI=1S/C13H15F3N2O3S/c14-13(15,16)7-18-3-1-9(2-4-18)17-11(19)10-5-8(6-22-10)12(20)21/h5-6,9H,1-4,7H2,(H,17,19)(H,20,21). The van der Waals surface area contributed by atoms with Gasteiger partial charge in [0.15, 0.2) is 0 Å². The molecule has 0 aliphatic carbocycles. The second-order valence-corrected chi connectivity index (χ2v) is 6.06. The summed E-state index contributed by atoms with van der Waals surface area (Å²) in [4.78, 5) is 24.3. The number of alkyl halides is 3. The molecule has 1 fully saturated rings. The number of thiophene rings is 1. The number of piperidine rings is 1. The number of carbonyl (C=O) groups is 2. The van der Waals surface area contributed by atoms with Crippen molar-refractivity contribution in [3.63, 3.8) is 0 Å². The summed E-state index contributed by atoms with van der Waals surface area (Å²) in [7, 11) is 0. The van der Waals surface area contributed by atoms with Gasteiger partial charge in [0.1, 0.15) is 0 Å². The summed E-state index contributed by atoms with van der Waals surface area (Å²) in [6.45, 7) is -0.384. The highest BCUT2D eigenvalue weighted by atomic mass is 32.1. The van der Waals surface area contributed by atoms with E-state index in [2.05, 4.69) is 5.32 Å². The van der Waals surface area contributed by atoms with Gasteiger partial charge < -0.3 is 10.4 Å². The molecule has 1 saturated heterocycles. The Morgan fingerprint density at radius 1 is 1.36 bits per heavy atom. The molecule has 2 heterocycles. The second-order valence-electron chi connectivity index (χ2n) is 5.14. The minimum absolute atomic E-state index is 0.0511. The van der Waals surface area contributed by atoms with E-state index >= 15 is 0 Å². The Morgan fingerprint density at radius 2 is 2.00 bits per heavy atom. The smallest absolute Gasteiger partial charge is 0.401 e. The minimum Gasteiger partial charge on any atom is -0.478 e.